The molecular formula is C27H34FN3O. The van der Waals surface area contributed by atoms with Crippen LogP contribution in [0.1, 0.15) is 42.4 Å². The third-order valence-corrected chi connectivity index (χ3v) is 7.60. The summed E-state index contributed by atoms with van der Waals surface area (Å²) in [5.74, 6) is 0.0962. The Kier molecular flexibility index (Phi) is 6.29. The lowest BCUT2D eigenvalue weighted by atomic mass is 9.94. The molecule has 1 aliphatic carbocycles. The molecule has 2 aromatic carbocycles. The Hall–Kier alpha value is -2.24. The van der Waals surface area contributed by atoms with Crippen LogP contribution < -0.4 is 0 Å². The van der Waals surface area contributed by atoms with Crippen LogP contribution in [0, 0.1) is 12.7 Å². The van der Waals surface area contributed by atoms with Crippen LogP contribution in [0.15, 0.2) is 36.4 Å². The van der Waals surface area contributed by atoms with Gasteiger partial charge in [-0.15, -0.1) is 0 Å². The minimum absolute atomic E-state index is 0.166. The van der Waals surface area contributed by atoms with Crippen LogP contribution in [-0.4, -0.2) is 65.9 Å². The van der Waals surface area contributed by atoms with Crippen molar-refractivity contribution in [2.45, 2.75) is 51.6 Å². The van der Waals surface area contributed by atoms with E-state index in [0.717, 1.165) is 62.9 Å². The molecule has 2 heterocycles. The normalized spacial score (nSPS) is 20.5. The van der Waals surface area contributed by atoms with E-state index in [9.17, 15) is 9.18 Å². The summed E-state index contributed by atoms with van der Waals surface area (Å²) in [6.07, 6.45) is 6.29. The number of hydrogen-bond donors (Lipinski definition) is 0. The molecule has 2 fully saturated rings. The topological polar surface area (TPSA) is 26.8 Å². The molecule has 0 atom stereocenters. The lowest BCUT2D eigenvalue weighted by Gasteiger charge is -2.39. The smallest absolute Gasteiger partial charge is 0.236 e. The lowest BCUT2D eigenvalue weighted by Crippen LogP contribution is -2.53. The molecule has 0 radical (unpaired) electrons. The van der Waals surface area contributed by atoms with Gasteiger partial charge in [0.25, 0.3) is 0 Å². The summed E-state index contributed by atoms with van der Waals surface area (Å²) in [5.41, 5.74) is 5.06. The maximum Gasteiger partial charge on any atom is 0.236 e. The predicted molar refractivity (Wildman–Crippen MR) is 126 cm³/mol. The van der Waals surface area contributed by atoms with Crippen molar-refractivity contribution >= 4 is 5.91 Å². The van der Waals surface area contributed by atoms with Gasteiger partial charge in [-0.05, 0) is 54.5 Å². The predicted octanol–water partition coefficient (Wildman–Crippen LogP) is 4.25. The van der Waals surface area contributed by atoms with Gasteiger partial charge in [0, 0.05) is 50.9 Å². The van der Waals surface area contributed by atoms with Gasteiger partial charge in [-0.3, -0.25) is 14.6 Å². The van der Waals surface area contributed by atoms with Crippen molar-refractivity contribution in [3.8, 4) is 11.1 Å². The molecule has 5 rings (SSSR count). The molecule has 4 nitrogen and oxygen atoms in total. The largest absolute Gasteiger partial charge is 0.339 e. The number of piperazine rings is 1. The number of amides is 1. The fraction of sp³-hybridized carbons (Fsp3) is 0.519. The molecule has 5 heteroatoms. The van der Waals surface area contributed by atoms with Crippen LogP contribution in [0.3, 0.4) is 0 Å². The first-order valence-electron chi connectivity index (χ1n) is 12.2. The number of aryl methyl sites for hydroxylation is 1. The highest BCUT2D eigenvalue weighted by Gasteiger charge is 2.29. The molecule has 1 amide bonds. The number of halogens is 1. The van der Waals surface area contributed by atoms with E-state index >= 15 is 0 Å². The molecule has 2 aromatic rings. The zero-order valence-electron chi connectivity index (χ0n) is 19.2. The van der Waals surface area contributed by atoms with Gasteiger partial charge in [0.05, 0.1) is 6.54 Å². The fourth-order valence-corrected chi connectivity index (χ4v) is 5.67. The Morgan fingerprint density at radius 3 is 2.50 bits per heavy atom. The molecule has 0 spiro atoms. The van der Waals surface area contributed by atoms with E-state index in [2.05, 4.69) is 26.8 Å². The van der Waals surface area contributed by atoms with Crippen molar-refractivity contribution in [2.75, 3.05) is 39.3 Å². The number of rotatable bonds is 4. The van der Waals surface area contributed by atoms with Crippen LogP contribution in [0.2, 0.25) is 0 Å². The van der Waals surface area contributed by atoms with Crippen molar-refractivity contribution in [2.24, 2.45) is 0 Å². The monoisotopic (exact) mass is 435 g/mol. The van der Waals surface area contributed by atoms with Crippen molar-refractivity contribution in [1.82, 2.24) is 14.7 Å². The number of carbonyl (C=O) groups is 1. The van der Waals surface area contributed by atoms with E-state index in [-0.39, 0.29) is 11.7 Å². The maximum atomic E-state index is 14.4. The van der Waals surface area contributed by atoms with Crippen LogP contribution >= 0.6 is 0 Å². The van der Waals surface area contributed by atoms with Gasteiger partial charge in [-0.1, -0.05) is 43.2 Å². The van der Waals surface area contributed by atoms with Gasteiger partial charge in [0.1, 0.15) is 5.82 Å². The number of hydrogen-bond acceptors (Lipinski definition) is 3. The molecule has 2 aliphatic heterocycles. The van der Waals surface area contributed by atoms with Crippen molar-refractivity contribution in [3.05, 3.63) is 58.9 Å². The first-order valence-corrected chi connectivity index (χ1v) is 12.2. The van der Waals surface area contributed by atoms with Crippen LogP contribution in [0.5, 0.6) is 0 Å². The Balaban J connectivity index is 1.17. The molecule has 0 aromatic heterocycles. The standard InChI is InChI=1S/C27H34FN3O/c1-20-6-9-25(26(28)16-20)22-7-8-23-18-29(11-10-21(23)17-22)19-27(32)31-14-12-30(13-15-31)24-4-2-3-5-24/h6-9,16-17,24H,2-5,10-15,18-19H2,1H3. The van der Waals surface area contributed by atoms with Crippen molar-refractivity contribution in [1.29, 1.82) is 0 Å². The van der Waals surface area contributed by atoms with E-state index in [0.29, 0.717) is 12.1 Å². The second-order valence-corrected chi connectivity index (χ2v) is 9.78. The van der Waals surface area contributed by atoms with E-state index < -0.39 is 0 Å². The number of nitrogens with zero attached hydrogens (tertiary/aromatic N) is 3. The highest BCUT2D eigenvalue weighted by molar-refractivity contribution is 5.78. The second kappa shape index (κ2) is 9.32. The first kappa shape index (κ1) is 21.6. The van der Waals surface area contributed by atoms with E-state index in [4.69, 9.17) is 0 Å². The molecule has 0 N–H and O–H groups in total. The third-order valence-electron chi connectivity index (χ3n) is 7.60. The molecular weight excluding hydrogens is 401 g/mol. The van der Waals surface area contributed by atoms with E-state index in [1.165, 1.54) is 36.8 Å². The average molecular weight is 436 g/mol. The Labute approximate surface area is 191 Å². The van der Waals surface area contributed by atoms with E-state index in [1.807, 2.05) is 25.1 Å². The third kappa shape index (κ3) is 4.60. The molecule has 0 bridgehead atoms. The van der Waals surface area contributed by atoms with Crippen molar-refractivity contribution < 1.29 is 9.18 Å². The summed E-state index contributed by atoms with van der Waals surface area (Å²) in [7, 11) is 0. The quantitative estimate of drug-likeness (QED) is 0.719. The molecule has 170 valence electrons. The summed E-state index contributed by atoms with van der Waals surface area (Å²) in [5, 5.41) is 0. The van der Waals surface area contributed by atoms with Gasteiger partial charge >= 0.3 is 0 Å². The number of fused-ring (bicyclic) bond motifs is 1. The molecule has 3 aliphatic rings. The second-order valence-electron chi connectivity index (χ2n) is 9.78. The zero-order valence-corrected chi connectivity index (χ0v) is 19.2. The Bertz CT molecular complexity index is 977. The van der Waals surface area contributed by atoms with Gasteiger partial charge in [-0.2, -0.15) is 0 Å². The summed E-state index contributed by atoms with van der Waals surface area (Å²) in [6, 6.07) is 12.4. The summed E-state index contributed by atoms with van der Waals surface area (Å²) in [6.45, 7) is 7.86. The SMILES string of the molecule is Cc1ccc(-c2ccc3c(c2)CCN(CC(=O)N2CCN(C4CCCC4)CC2)C3)c(F)c1. The van der Waals surface area contributed by atoms with Gasteiger partial charge in [0.2, 0.25) is 5.91 Å². The number of benzene rings is 2. The molecule has 32 heavy (non-hydrogen) atoms. The maximum absolute atomic E-state index is 14.4. The number of carbonyl (C=O) groups excluding carboxylic acids is 1. The van der Waals surface area contributed by atoms with E-state index in [1.54, 1.807) is 6.07 Å². The molecule has 0 unspecified atom stereocenters. The summed E-state index contributed by atoms with van der Waals surface area (Å²) >= 11 is 0. The summed E-state index contributed by atoms with van der Waals surface area (Å²) < 4.78 is 14.4. The zero-order chi connectivity index (χ0) is 22.1. The van der Waals surface area contributed by atoms with Gasteiger partial charge < -0.3 is 4.90 Å². The molecule has 1 saturated heterocycles. The minimum atomic E-state index is -0.166. The van der Waals surface area contributed by atoms with Crippen LogP contribution in [0.25, 0.3) is 11.1 Å². The lowest BCUT2D eigenvalue weighted by molar-refractivity contribution is -0.134. The average Bonchev–Trinajstić information content (AvgIpc) is 3.34. The first-order chi connectivity index (χ1) is 15.6. The fourth-order valence-electron chi connectivity index (χ4n) is 5.67. The highest BCUT2D eigenvalue weighted by atomic mass is 19.1. The molecule has 1 saturated carbocycles. The van der Waals surface area contributed by atoms with Crippen LogP contribution in [0.4, 0.5) is 4.39 Å². The summed E-state index contributed by atoms with van der Waals surface area (Å²) in [4.78, 5) is 19.9. The Morgan fingerprint density at radius 1 is 0.969 bits per heavy atom. The van der Waals surface area contributed by atoms with Crippen LogP contribution in [-0.2, 0) is 17.8 Å². The van der Waals surface area contributed by atoms with Gasteiger partial charge in [0.15, 0.2) is 0 Å². The highest BCUT2D eigenvalue weighted by Crippen LogP contribution is 2.29. The minimum Gasteiger partial charge on any atom is -0.339 e. The van der Waals surface area contributed by atoms with Gasteiger partial charge in [-0.25, -0.2) is 4.39 Å². The Morgan fingerprint density at radius 2 is 1.75 bits per heavy atom. The van der Waals surface area contributed by atoms with Crippen molar-refractivity contribution in [3.63, 3.8) is 0 Å².